The molecule has 26 heavy (non-hydrogen) atoms. The first-order chi connectivity index (χ1) is 12.6. The molecule has 0 radical (unpaired) electrons. The molecular weight excluding hydrogens is 348 g/mol. The van der Waals surface area contributed by atoms with Crippen molar-refractivity contribution in [3.63, 3.8) is 0 Å². The lowest BCUT2D eigenvalue weighted by Gasteiger charge is -2.05. The third-order valence-electron chi connectivity index (χ3n) is 3.57. The number of carbonyl (C=O) groups excluding carboxylic acids is 1. The van der Waals surface area contributed by atoms with Crippen molar-refractivity contribution in [3.8, 4) is 0 Å². The summed E-state index contributed by atoms with van der Waals surface area (Å²) in [4.78, 5) is 17.4. The van der Waals surface area contributed by atoms with E-state index in [-0.39, 0.29) is 6.03 Å². The Balaban J connectivity index is 1.91. The minimum atomic E-state index is -0.295. The molecule has 0 spiro atoms. The van der Waals surface area contributed by atoms with E-state index in [0.29, 0.717) is 18.2 Å². The summed E-state index contributed by atoms with van der Waals surface area (Å²) >= 11 is 1.39. The fraction of sp³-hybridized carbons (Fsp3) is 0.278. The van der Waals surface area contributed by atoms with Crippen LogP contribution in [0.1, 0.15) is 23.1 Å². The van der Waals surface area contributed by atoms with Gasteiger partial charge in [0.25, 0.3) is 0 Å². The minimum Gasteiger partial charge on any atom is -0.405 e. The van der Waals surface area contributed by atoms with Gasteiger partial charge in [0.2, 0.25) is 0 Å². The van der Waals surface area contributed by atoms with E-state index in [1.54, 1.807) is 12.2 Å². The van der Waals surface area contributed by atoms with Gasteiger partial charge in [-0.3, -0.25) is 10.00 Å². The van der Waals surface area contributed by atoms with Gasteiger partial charge in [-0.25, -0.2) is 9.78 Å². The average Bonchev–Trinajstić information content (AvgIpc) is 3.21. The van der Waals surface area contributed by atoms with Gasteiger partial charge >= 0.3 is 6.03 Å². The van der Waals surface area contributed by atoms with Crippen LogP contribution in [0.25, 0.3) is 5.57 Å². The lowest BCUT2D eigenvalue weighted by molar-refractivity contribution is 0.251. The molecule has 2 aromatic rings. The fourth-order valence-electron chi connectivity index (χ4n) is 2.29. The first-order valence-corrected chi connectivity index (χ1v) is 9.14. The molecule has 0 atom stereocenters. The maximum absolute atomic E-state index is 12.1. The van der Waals surface area contributed by atoms with Gasteiger partial charge in [0.05, 0.1) is 23.3 Å². The third kappa shape index (κ3) is 5.32. The monoisotopic (exact) mass is 372 g/mol. The Labute approximate surface area is 157 Å². The van der Waals surface area contributed by atoms with E-state index >= 15 is 0 Å². The van der Waals surface area contributed by atoms with Crippen LogP contribution in [0, 0.1) is 6.92 Å². The molecule has 0 saturated carbocycles. The number of allylic oxidation sites excluding steroid dienone is 4. The van der Waals surface area contributed by atoms with Crippen LogP contribution >= 0.6 is 11.3 Å². The van der Waals surface area contributed by atoms with E-state index in [1.807, 2.05) is 30.1 Å². The molecule has 2 amide bonds. The van der Waals surface area contributed by atoms with Gasteiger partial charge in [-0.1, -0.05) is 37.0 Å². The van der Waals surface area contributed by atoms with Crippen LogP contribution in [0.2, 0.25) is 0 Å². The number of urea groups is 1. The van der Waals surface area contributed by atoms with Gasteiger partial charge in [0, 0.05) is 12.7 Å². The molecule has 138 valence electrons. The summed E-state index contributed by atoms with van der Waals surface area (Å²) in [6.45, 7) is 8.76. The molecule has 4 N–H and O–H groups in total. The number of hydrogen-bond acceptors (Lipinski definition) is 5. The van der Waals surface area contributed by atoms with Crippen LogP contribution in [-0.2, 0) is 13.0 Å². The molecule has 0 aromatic carbocycles. The Hall–Kier alpha value is -2.87. The SMILES string of the molecule is C=C/C=C(\C=C/N)c1sc(NC(=O)NCCn2cc(CC)cn2)nc1C. The molecule has 0 saturated heterocycles. The summed E-state index contributed by atoms with van der Waals surface area (Å²) in [6.07, 6.45) is 11.5. The summed E-state index contributed by atoms with van der Waals surface area (Å²) in [5.41, 5.74) is 8.38. The van der Waals surface area contributed by atoms with Crippen LogP contribution in [-0.4, -0.2) is 27.3 Å². The molecule has 2 heterocycles. The summed E-state index contributed by atoms with van der Waals surface area (Å²) in [5, 5.41) is 10.3. The van der Waals surface area contributed by atoms with Crippen molar-refractivity contribution in [2.45, 2.75) is 26.8 Å². The number of anilines is 1. The standard InChI is InChI=1S/C18H24N6OS/c1-4-6-15(7-8-19)16-13(3)22-18(26-16)23-17(25)20-9-10-24-12-14(5-2)11-21-24/h4,6-8,11-12H,1,5,9-10,19H2,2-3H3,(H2,20,22,23,25)/b8-7-,15-6+. The Kier molecular flexibility index (Phi) is 7.16. The maximum Gasteiger partial charge on any atom is 0.321 e. The Morgan fingerprint density at radius 3 is 2.96 bits per heavy atom. The third-order valence-corrected chi connectivity index (χ3v) is 4.70. The largest absolute Gasteiger partial charge is 0.405 e. The molecule has 0 aliphatic carbocycles. The van der Waals surface area contributed by atoms with E-state index in [9.17, 15) is 4.79 Å². The molecule has 0 fully saturated rings. The van der Waals surface area contributed by atoms with E-state index < -0.39 is 0 Å². The number of carbonyl (C=O) groups is 1. The normalized spacial score (nSPS) is 11.7. The van der Waals surface area contributed by atoms with Crippen LogP contribution in [0.5, 0.6) is 0 Å². The van der Waals surface area contributed by atoms with E-state index in [2.05, 4.69) is 34.2 Å². The molecule has 0 aliphatic rings. The van der Waals surface area contributed by atoms with Crippen molar-refractivity contribution in [1.29, 1.82) is 0 Å². The van der Waals surface area contributed by atoms with Gasteiger partial charge in [0.15, 0.2) is 5.13 Å². The van der Waals surface area contributed by atoms with Crippen LogP contribution in [0.3, 0.4) is 0 Å². The van der Waals surface area contributed by atoms with Crippen molar-refractivity contribution in [3.05, 3.63) is 59.5 Å². The lowest BCUT2D eigenvalue weighted by Crippen LogP contribution is -2.31. The maximum atomic E-state index is 12.1. The first kappa shape index (κ1) is 19.5. The van der Waals surface area contributed by atoms with Crippen molar-refractivity contribution in [1.82, 2.24) is 20.1 Å². The Bertz CT molecular complexity index is 818. The highest BCUT2D eigenvalue weighted by molar-refractivity contribution is 7.17. The zero-order valence-corrected chi connectivity index (χ0v) is 15.8. The smallest absolute Gasteiger partial charge is 0.321 e. The van der Waals surface area contributed by atoms with Gasteiger partial charge in [-0.2, -0.15) is 5.10 Å². The number of thiazole rings is 1. The highest BCUT2D eigenvalue weighted by Gasteiger charge is 2.12. The molecule has 2 aromatic heterocycles. The number of aromatic nitrogens is 3. The number of aryl methyl sites for hydroxylation is 2. The van der Waals surface area contributed by atoms with Crippen LogP contribution < -0.4 is 16.4 Å². The van der Waals surface area contributed by atoms with Crippen LogP contribution in [0.15, 0.2) is 43.4 Å². The first-order valence-electron chi connectivity index (χ1n) is 8.32. The average molecular weight is 372 g/mol. The van der Waals surface area contributed by atoms with Gasteiger partial charge in [-0.05, 0) is 36.8 Å². The Morgan fingerprint density at radius 1 is 1.50 bits per heavy atom. The minimum absolute atomic E-state index is 0.295. The number of nitrogens with two attached hydrogens (primary N) is 1. The van der Waals surface area contributed by atoms with E-state index in [4.69, 9.17) is 5.73 Å². The summed E-state index contributed by atoms with van der Waals surface area (Å²) in [5.74, 6) is 0. The van der Waals surface area contributed by atoms with Crippen molar-refractivity contribution in [2.75, 3.05) is 11.9 Å². The number of nitrogens with one attached hydrogen (secondary N) is 2. The summed E-state index contributed by atoms with van der Waals surface area (Å²) < 4.78 is 1.82. The predicted molar refractivity (Wildman–Crippen MR) is 107 cm³/mol. The molecule has 8 heteroatoms. The zero-order valence-electron chi connectivity index (χ0n) is 15.0. The van der Waals surface area contributed by atoms with Gasteiger partial charge < -0.3 is 11.1 Å². The summed E-state index contributed by atoms with van der Waals surface area (Å²) in [7, 11) is 0. The highest BCUT2D eigenvalue weighted by atomic mass is 32.1. The van der Waals surface area contributed by atoms with Gasteiger partial charge in [-0.15, -0.1) is 0 Å². The number of nitrogens with zero attached hydrogens (tertiary/aromatic N) is 3. The van der Waals surface area contributed by atoms with Crippen molar-refractivity contribution >= 4 is 28.1 Å². The second-order valence-corrected chi connectivity index (χ2v) is 6.50. The molecule has 0 aliphatic heterocycles. The second-order valence-electron chi connectivity index (χ2n) is 5.50. The zero-order chi connectivity index (χ0) is 18.9. The quantitative estimate of drug-likeness (QED) is 0.620. The Morgan fingerprint density at radius 2 is 2.31 bits per heavy atom. The van der Waals surface area contributed by atoms with Crippen LogP contribution in [0.4, 0.5) is 9.93 Å². The van der Waals surface area contributed by atoms with E-state index in [1.165, 1.54) is 23.1 Å². The molecule has 7 nitrogen and oxygen atoms in total. The summed E-state index contributed by atoms with van der Waals surface area (Å²) in [6, 6.07) is -0.295. The number of hydrogen-bond donors (Lipinski definition) is 3. The van der Waals surface area contributed by atoms with E-state index in [0.717, 1.165) is 22.6 Å². The van der Waals surface area contributed by atoms with Crippen molar-refractivity contribution in [2.24, 2.45) is 5.73 Å². The highest BCUT2D eigenvalue weighted by Crippen LogP contribution is 2.30. The lowest BCUT2D eigenvalue weighted by atomic mass is 10.2. The molecule has 0 bridgehead atoms. The predicted octanol–water partition coefficient (Wildman–Crippen LogP) is 3.07. The topological polar surface area (TPSA) is 97.9 Å². The molecular formula is C18H24N6OS. The number of amides is 2. The molecule has 0 unspecified atom stereocenters. The number of rotatable bonds is 8. The molecule has 2 rings (SSSR count). The second kappa shape index (κ2) is 9.57. The van der Waals surface area contributed by atoms with Crippen molar-refractivity contribution < 1.29 is 4.79 Å². The fourth-order valence-corrected chi connectivity index (χ4v) is 3.26. The van der Waals surface area contributed by atoms with Gasteiger partial charge in [0.1, 0.15) is 0 Å².